The van der Waals surface area contributed by atoms with Crippen LogP contribution in [0.1, 0.15) is 43.6 Å². The van der Waals surface area contributed by atoms with E-state index in [4.69, 9.17) is 9.05 Å². The Morgan fingerprint density at radius 3 is 1.64 bits per heavy atom. The van der Waals surface area contributed by atoms with E-state index in [0.717, 1.165) is 11.1 Å². The van der Waals surface area contributed by atoms with Crippen LogP contribution in [0.25, 0.3) is 0 Å². The quantitative estimate of drug-likeness (QED) is 0.701. The highest BCUT2D eigenvalue weighted by molar-refractivity contribution is 7.54. The smallest absolute Gasteiger partial charge is 0.300 e. The van der Waals surface area contributed by atoms with Crippen molar-refractivity contribution in [2.75, 3.05) is 0 Å². The maximum Gasteiger partial charge on any atom is 0.334 e. The van der Waals surface area contributed by atoms with Crippen LogP contribution in [-0.2, 0) is 13.6 Å². The molecule has 2 aromatic rings. The molecule has 0 aromatic heterocycles. The maximum absolute atomic E-state index is 13.1. The third kappa shape index (κ3) is 3.17. The van der Waals surface area contributed by atoms with E-state index in [0.29, 0.717) is 6.42 Å². The second kappa shape index (κ2) is 6.37. The summed E-state index contributed by atoms with van der Waals surface area (Å²) in [6.45, 7) is 3.77. The lowest BCUT2D eigenvalue weighted by atomic mass is 9.99. The molecule has 0 aliphatic carbocycles. The first kappa shape index (κ1) is 15.5. The minimum Gasteiger partial charge on any atom is -0.300 e. The van der Waals surface area contributed by atoms with Crippen molar-refractivity contribution in [2.24, 2.45) is 0 Å². The molecule has 0 radical (unpaired) electrons. The lowest BCUT2D eigenvalue weighted by molar-refractivity contribution is 0.0268. The highest BCUT2D eigenvalue weighted by Gasteiger charge is 2.42. The maximum atomic E-state index is 13.1. The predicted octanol–water partition coefficient (Wildman–Crippen LogP) is 5.51. The van der Waals surface area contributed by atoms with Gasteiger partial charge >= 0.3 is 7.60 Å². The summed E-state index contributed by atoms with van der Waals surface area (Å²) in [4.78, 5) is 0. The largest absolute Gasteiger partial charge is 0.334 e. The number of benzene rings is 2. The standard InChI is InChI=1S/C18H21O3P/c1-14(2)22(19)20-17(15-9-5-3-6-10-15)13-18(21-22)16-11-7-4-8-12-16/h3-12,14,17-18H,13H2,1-2H3. The zero-order valence-corrected chi connectivity index (χ0v) is 13.8. The third-order valence-electron chi connectivity index (χ3n) is 3.95. The summed E-state index contributed by atoms with van der Waals surface area (Å²) in [7, 11) is -3.13. The predicted molar refractivity (Wildman–Crippen MR) is 87.9 cm³/mol. The van der Waals surface area contributed by atoms with E-state index in [1.807, 2.05) is 74.5 Å². The number of hydrogen-bond donors (Lipinski definition) is 0. The van der Waals surface area contributed by atoms with Crippen molar-refractivity contribution in [3.8, 4) is 0 Å². The first-order valence-corrected chi connectivity index (χ1v) is 9.26. The first-order valence-electron chi connectivity index (χ1n) is 7.65. The van der Waals surface area contributed by atoms with Gasteiger partial charge in [-0.05, 0) is 11.1 Å². The summed E-state index contributed by atoms with van der Waals surface area (Å²) in [5.41, 5.74) is 1.94. The van der Waals surface area contributed by atoms with Crippen LogP contribution in [0, 0.1) is 0 Å². The van der Waals surface area contributed by atoms with Gasteiger partial charge in [-0.15, -0.1) is 0 Å². The van der Waals surface area contributed by atoms with Gasteiger partial charge in [0.05, 0.1) is 17.9 Å². The van der Waals surface area contributed by atoms with E-state index < -0.39 is 7.60 Å². The second-order valence-corrected chi connectivity index (χ2v) is 8.41. The summed E-state index contributed by atoms with van der Waals surface area (Å²) < 4.78 is 24.9. The van der Waals surface area contributed by atoms with Crippen molar-refractivity contribution >= 4 is 7.60 Å². The highest BCUT2D eigenvalue weighted by Crippen LogP contribution is 2.63. The van der Waals surface area contributed by atoms with Crippen molar-refractivity contribution in [3.63, 3.8) is 0 Å². The molecule has 3 rings (SSSR count). The van der Waals surface area contributed by atoms with Crippen LogP contribution in [0.4, 0.5) is 0 Å². The molecule has 1 aliphatic rings. The summed E-state index contributed by atoms with van der Waals surface area (Å²) in [6, 6.07) is 19.9. The van der Waals surface area contributed by atoms with Crippen molar-refractivity contribution in [3.05, 3.63) is 71.8 Å². The summed E-state index contributed by atoms with van der Waals surface area (Å²) in [5, 5.41) is 0. The fourth-order valence-electron chi connectivity index (χ4n) is 2.63. The van der Waals surface area contributed by atoms with E-state index in [2.05, 4.69) is 0 Å². The van der Waals surface area contributed by atoms with Gasteiger partial charge < -0.3 is 9.05 Å². The van der Waals surface area contributed by atoms with Crippen molar-refractivity contribution in [1.82, 2.24) is 0 Å². The van der Waals surface area contributed by atoms with Gasteiger partial charge in [0.25, 0.3) is 0 Å². The molecule has 0 saturated carbocycles. The minimum absolute atomic E-state index is 0.162. The normalized spacial score (nSPS) is 28.7. The second-order valence-electron chi connectivity index (χ2n) is 5.88. The third-order valence-corrected chi connectivity index (χ3v) is 6.31. The molecule has 2 unspecified atom stereocenters. The Morgan fingerprint density at radius 2 is 1.27 bits per heavy atom. The van der Waals surface area contributed by atoms with Gasteiger partial charge in [-0.25, -0.2) is 0 Å². The van der Waals surface area contributed by atoms with Gasteiger partial charge in [0.15, 0.2) is 0 Å². The van der Waals surface area contributed by atoms with E-state index in [1.165, 1.54) is 0 Å². The van der Waals surface area contributed by atoms with Crippen LogP contribution in [0.2, 0.25) is 0 Å². The van der Waals surface area contributed by atoms with Crippen LogP contribution >= 0.6 is 7.60 Å². The molecule has 0 bridgehead atoms. The van der Waals surface area contributed by atoms with Crippen LogP contribution in [-0.4, -0.2) is 5.66 Å². The molecule has 0 amide bonds. The van der Waals surface area contributed by atoms with Gasteiger partial charge in [-0.2, -0.15) is 0 Å². The molecule has 0 spiro atoms. The van der Waals surface area contributed by atoms with E-state index >= 15 is 0 Å². The minimum atomic E-state index is -3.13. The Balaban J connectivity index is 1.94. The Kier molecular flexibility index (Phi) is 4.49. The van der Waals surface area contributed by atoms with Gasteiger partial charge in [0, 0.05) is 6.42 Å². The summed E-state index contributed by atoms with van der Waals surface area (Å²) >= 11 is 0. The van der Waals surface area contributed by atoms with Gasteiger partial charge in [0.2, 0.25) is 0 Å². The Bertz CT molecular complexity index is 603. The average molecular weight is 316 g/mol. The molecular formula is C18H21O3P. The Hall–Kier alpha value is -1.41. The van der Waals surface area contributed by atoms with Crippen LogP contribution in [0.15, 0.2) is 60.7 Å². The lowest BCUT2D eigenvalue weighted by Crippen LogP contribution is -2.21. The van der Waals surface area contributed by atoms with E-state index in [9.17, 15) is 4.57 Å². The first-order chi connectivity index (χ1) is 10.6. The number of rotatable bonds is 3. The molecule has 0 N–H and O–H groups in total. The monoisotopic (exact) mass is 316 g/mol. The molecule has 22 heavy (non-hydrogen) atoms. The molecule has 1 aliphatic heterocycles. The molecule has 116 valence electrons. The Labute approximate surface area is 131 Å². The fraction of sp³-hybridized carbons (Fsp3) is 0.333. The zero-order chi connectivity index (χ0) is 15.6. The molecule has 4 heteroatoms. The van der Waals surface area contributed by atoms with Gasteiger partial charge in [-0.1, -0.05) is 74.5 Å². The summed E-state index contributed by atoms with van der Waals surface area (Å²) in [6.07, 6.45) is 0.270. The average Bonchev–Trinajstić information content (AvgIpc) is 2.56. The topological polar surface area (TPSA) is 35.5 Å². The van der Waals surface area contributed by atoms with E-state index in [-0.39, 0.29) is 17.9 Å². The molecule has 2 atom stereocenters. The molecular weight excluding hydrogens is 295 g/mol. The van der Waals surface area contributed by atoms with Crippen molar-refractivity contribution < 1.29 is 13.6 Å². The SMILES string of the molecule is CC(C)P1(=O)OC(c2ccccc2)CC(c2ccccc2)O1. The lowest BCUT2D eigenvalue weighted by Gasteiger charge is -2.37. The Morgan fingerprint density at radius 1 is 0.864 bits per heavy atom. The van der Waals surface area contributed by atoms with Crippen molar-refractivity contribution in [2.45, 2.75) is 38.1 Å². The summed E-state index contributed by atoms with van der Waals surface area (Å²) in [5.74, 6) is 0. The van der Waals surface area contributed by atoms with Gasteiger partial charge in [-0.3, -0.25) is 4.57 Å². The number of hydrogen-bond acceptors (Lipinski definition) is 3. The molecule has 1 heterocycles. The van der Waals surface area contributed by atoms with Crippen LogP contribution in [0.3, 0.4) is 0 Å². The molecule has 1 fully saturated rings. The van der Waals surface area contributed by atoms with Crippen LogP contribution < -0.4 is 0 Å². The van der Waals surface area contributed by atoms with Crippen molar-refractivity contribution in [1.29, 1.82) is 0 Å². The van der Waals surface area contributed by atoms with E-state index in [1.54, 1.807) is 0 Å². The van der Waals surface area contributed by atoms with Gasteiger partial charge in [0.1, 0.15) is 0 Å². The highest BCUT2D eigenvalue weighted by atomic mass is 31.2. The molecule has 3 nitrogen and oxygen atoms in total. The molecule has 2 aromatic carbocycles. The van der Waals surface area contributed by atoms with Crippen LogP contribution in [0.5, 0.6) is 0 Å². The molecule has 1 saturated heterocycles. The fourth-order valence-corrected chi connectivity index (χ4v) is 4.29. The zero-order valence-electron chi connectivity index (χ0n) is 12.9.